The summed E-state index contributed by atoms with van der Waals surface area (Å²) in [5.41, 5.74) is 2.13. The van der Waals surface area contributed by atoms with Crippen molar-refractivity contribution in [3.05, 3.63) is 81.9 Å². The van der Waals surface area contributed by atoms with E-state index in [0.29, 0.717) is 37.1 Å². The van der Waals surface area contributed by atoms with Gasteiger partial charge in [0.05, 0.1) is 22.9 Å². The zero-order valence-electron chi connectivity index (χ0n) is 18.9. The lowest BCUT2D eigenvalue weighted by Gasteiger charge is -2.32. The van der Waals surface area contributed by atoms with Gasteiger partial charge < -0.3 is 10.2 Å². The van der Waals surface area contributed by atoms with Gasteiger partial charge in [-0.2, -0.15) is 5.10 Å². The van der Waals surface area contributed by atoms with Crippen LogP contribution in [0.4, 0.5) is 10.1 Å². The molecule has 0 saturated carbocycles. The van der Waals surface area contributed by atoms with E-state index in [0.717, 1.165) is 5.56 Å². The second-order valence-corrected chi connectivity index (χ2v) is 8.65. The van der Waals surface area contributed by atoms with Crippen LogP contribution >= 0.6 is 11.6 Å². The van der Waals surface area contributed by atoms with Crippen LogP contribution in [0.1, 0.15) is 53.0 Å². The summed E-state index contributed by atoms with van der Waals surface area (Å²) in [7, 11) is 0. The van der Waals surface area contributed by atoms with Crippen LogP contribution in [0.5, 0.6) is 0 Å². The van der Waals surface area contributed by atoms with Gasteiger partial charge >= 0.3 is 0 Å². The Balaban J connectivity index is 1.53. The van der Waals surface area contributed by atoms with Gasteiger partial charge in [0.1, 0.15) is 11.5 Å². The van der Waals surface area contributed by atoms with E-state index in [1.165, 1.54) is 12.3 Å². The van der Waals surface area contributed by atoms with E-state index < -0.39 is 11.7 Å². The number of halogens is 2. The number of nitrogens with zero attached hydrogens (tertiary/aromatic N) is 3. The molecule has 4 rings (SSSR count). The third-order valence-electron chi connectivity index (χ3n) is 5.87. The fourth-order valence-electron chi connectivity index (χ4n) is 4.07. The molecule has 2 aromatic carbocycles. The Morgan fingerprint density at radius 1 is 1.12 bits per heavy atom. The highest BCUT2D eigenvalue weighted by molar-refractivity contribution is 6.34. The average Bonchev–Trinajstić information content (AvgIpc) is 3.22. The number of aryl methyl sites for hydroxylation is 1. The molecule has 0 aliphatic carbocycles. The summed E-state index contributed by atoms with van der Waals surface area (Å²) in [6.45, 7) is 4.41. The molecule has 2 heterocycles. The Hall–Kier alpha value is -3.63. The standard InChI is InChI=1S/C26H24ClFN4O2/c1-17-14-20(9-8-19-6-4-3-5-7-19)15-23(28)24(17)30-26(34)25-22(27)16-29-32(25)21-10-12-31(13-11-21)18(2)33/h3-7,14-16,21H,10-13H2,1-2H3,(H,30,34). The second kappa shape index (κ2) is 10.1. The summed E-state index contributed by atoms with van der Waals surface area (Å²) in [5.74, 6) is 4.86. The summed E-state index contributed by atoms with van der Waals surface area (Å²) < 4.78 is 16.5. The summed E-state index contributed by atoms with van der Waals surface area (Å²) in [4.78, 5) is 26.5. The minimum atomic E-state index is -0.581. The molecule has 174 valence electrons. The highest BCUT2D eigenvalue weighted by atomic mass is 35.5. The van der Waals surface area contributed by atoms with E-state index in [1.54, 1.807) is 29.5 Å². The number of carbonyl (C=O) groups is 2. The SMILES string of the molecule is CC(=O)N1CCC(n2ncc(Cl)c2C(=O)Nc2c(C)cc(C#Cc3ccccc3)cc2F)CC1. The molecule has 34 heavy (non-hydrogen) atoms. The van der Waals surface area contributed by atoms with Crippen molar-refractivity contribution in [2.24, 2.45) is 0 Å². The first-order valence-electron chi connectivity index (χ1n) is 11.0. The van der Waals surface area contributed by atoms with Crippen LogP contribution in [-0.2, 0) is 4.79 Å². The maximum absolute atomic E-state index is 14.9. The van der Waals surface area contributed by atoms with Gasteiger partial charge in [0.25, 0.3) is 5.91 Å². The molecule has 2 amide bonds. The monoisotopic (exact) mass is 478 g/mol. The number of carbonyl (C=O) groups excluding carboxylic acids is 2. The zero-order valence-corrected chi connectivity index (χ0v) is 19.7. The van der Waals surface area contributed by atoms with Gasteiger partial charge in [0.15, 0.2) is 0 Å². The van der Waals surface area contributed by atoms with Gasteiger partial charge in [0.2, 0.25) is 5.91 Å². The lowest BCUT2D eigenvalue weighted by atomic mass is 10.0. The minimum Gasteiger partial charge on any atom is -0.343 e. The summed E-state index contributed by atoms with van der Waals surface area (Å²) in [6.07, 6.45) is 2.72. The van der Waals surface area contributed by atoms with E-state index in [9.17, 15) is 14.0 Å². The molecular formula is C26H24ClFN4O2. The third kappa shape index (κ3) is 5.13. The fraction of sp³-hybridized carbons (Fsp3) is 0.269. The topological polar surface area (TPSA) is 67.2 Å². The molecule has 0 spiro atoms. The van der Waals surface area contributed by atoms with Crippen LogP contribution in [0.25, 0.3) is 0 Å². The number of nitrogens with one attached hydrogen (secondary N) is 1. The molecule has 1 aromatic heterocycles. The first-order valence-corrected chi connectivity index (χ1v) is 11.4. The lowest BCUT2D eigenvalue weighted by molar-refractivity contribution is -0.130. The van der Waals surface area contributed by atoms with E-state index in [4.69, 9.17) is 11.6 Å². The quantitative estimate of drug-likeness (QED) is 0.549. The number of rotatable bonds is 3. The lowest BCUT2D eigenvalue weighted by Crippen LogP contribution is -2.38. The van der Waals surface area contributed by atoms with Crippen LogP contribution in [-0.4, -0.2) is 39.6 Å². The largest absolute Gasteiger partial charge is 0.343 e. The Bertz CT molecular complexity index is 1260. The normalized spacial score (nSPS) is 13.8. The predicted molar refractivity (Wildman–Crippen MR) is 129 cm³/mol. The van der Waals surface area contributed by atoms with Crippen molar-refractivity contribution in [3.63, 3.8) is 0 Å². The molecule has 8 heteroatoms. The molecule has 3 aromatic rings. The van der Waals surface area contributed by atoms with E-state index in [-0.39, 0.29) is 28.4 Å². The molecule has 0 bridgehead atoms. The van der Waals surface area contributed by atoms with Gasteiger partial charge in [-0.1, -0.05) is 41.6 Å². The summed E-state index contributed by atoms with van der Waals surface area (Å²) >= 11 is 6.29. The maximum Gasteiger partial charge on any atom is 0.275 e. The van der Waals surface area contributed by atoms with Crippen molar-refractivity contribution in [3.8, 4) is 11.8 Å². The number of likely N-dealkylation sites (tertiary alicyclic amines) is 1. The summed E-state index contributed by atoms with van der Waals surface area (Å²) in [6, 6.07) is 12.4. The van der Waals surface area contributed by atoms with Crippen molar-refractivity contribution in [1.29, 1.82) is 0 Å². The first-order chi connectivity index (χ1) is 16.3. The van der Waals surface area contributed by atoms with Crippen molar-refractivity contribution >= 4 is 29.1 Å². The molecule has 0 atom stereocenters. The number of benzene rings is 2. The molecule has 1 aliphatic heterocycles. The van der Waals surface area contributed by atoms with E-state index in [2.05, 4.69) is 22.3 Å². The molecule has 1 saturated heterocycles. The molecule has 1 N–H and O–H groups in total. The molecule has 0 unspecified atom stereocenters. The number of aromatic nitrogens is 2. The second-order valence-electron chi connectivity index (χ2n) is 8.24. The number of hydrogen-bond donors (Lipinski definition) is 1. The van der Waals surface area contributed by atoms with Crippen LogP contribution < -0.4 is 5.32 Å². The highest BCUT2D eigenvalue weighted by Crippen LogP contribution is 2.29. The average molecular weight is 479 g/mol. The molecule has 6 nitrogen and oxygen atoms in total. The van der Waals surface area contributed by atoms with Crippen LogP contribution in [0.15, 0.2) is 48.7 Å². The Morgan fingerprint density at radius 2 is 1.79 bits per heavy atom. The number of hydrogen-bond acceptors (Lipinski definition) is 3. The van der Waals surface area contributed by atoms with Gasteiger partial charge in [-0.05, 0) is 49.6 Å². The first kappa shape index (κ1) is 23.5. The highest BCUT2D eigenvalue weighted by Gasteiger charge is 2.28. The van der Waals surface area contributed by atoms with Crippen molar-refractivity contribution in [1.82, 2.24) is 14.7 Å². The molecule has 1 fully saturated rings. The zero-order chi connectivity index (χ0) is 24.2. The third-order valence-corrected chi connectivity index (χ3v) is 6.15. The van der Waals surface area contributed by atoms with Crippen LogP contribution in [0.2, 0.25) is 5.02 Å². The van der Waals surface area contributed by atoms with Crippen LogP contribution in [0, 0.1) is 24.6 Å². The molecular weight excluding hydrogens is 455 g/mol. The van der Waals surface area contributed by atoms with Gasteiger partial charge in [-0.15, -0.1) is 0 Å². The number of anilines is 1. The van der Waals surface area contributed by atoms with Gasteiger partial charge in [-0.3, -0.25) is 14.3 Å². The Kier molecular flexibility index (Phi) is 6.99. The molecule has 1 aliphatic rings. The van der Waals surface area contributed by atoms with Gasteiger partial charge in [-0.25, -0.2) is 4.39 Å². The van der Waals surface area contributed by atoms with Crippen molar-refractivity contribution in [2.75, 3.05) is 18.4 Å². The smallest absolute Gasteiger partial charge is 0.275 e. The predicted octanol–water partition coefficient (Wildman–Crippen LogP) is 4.82. The van der Waals surface area contributed by atoms with E-state index in [1.807, 2.05) is 30.3 Å². The van der Waals surface area contributed by atoms with Crippen molar-refractivity contribution < 1.29 is 14.0 Å². The van der Waals surface area contributed by atoms with Crippen molar-refractivity contribution in [2.45, 2.75) is 32.7 Å². The number of amides is 2. The minimum absolute atomic E-state index is 0.0257. The Morgan fingerprint density at radius 3 is 2.44 bits per heavy atom. The fourth-order valence-corrected chi connectivity index (χ4v) is 4.29. The summed E-state index contributed by atoms with van der Waals surface area (Å²) in [5, 5.41) is 7.14. The Labute approximate surface area is 202 Å². The van der Waals surface area contributed by atoms with Gasteiger partial charge in [0, 0.05) is 31.1 Å². The van der Waals surface area contributed by atoms with E-state index >= 15 is 0 Å². The molecule has 0 radical (unpaired) electrons. The van der Waals surface area contributed by atoms with Crippen LogP contribution in [0.3, 0.4) is 0 Å². The maximum atomic E-state index is 14.9. The number of piperidine rings is 1.